The minimum Gasteiger partial charge on any atom is -0.493 e. The zero-order chi connectivity index (χ0) is 14.5. The van der Waals surface area contributed by atoms with Crippen molar-refractivity contribution in [2.45, 2.75) is 18.9 Å². The molecule has 1 aliphatic heterocycles. The Kier molecular flexibility index (Phi) is 4.46. The van der Waals surface area contributed by atoms with Gasteiger partial charge in [0.2, 0.25) is 0 Å². The molecule has 112 valence electrons. The standard InChI is InChI=1S/C17H22N2O2/c1-20-16-8-2-3-9-17(16)21-13-12-19-11-5-7-15(19)14-6-4-10-18-14/h2-4,6,8-10,15,18H,5,7,11-13H2,1H3/t15-/m0/s1. The molecule has 0 bridgehead atoms. The number of para-hydroxylation sites is 2. The first kappa shape index (κ1) is 14.0. The lowest BCUT2D eigenvalue weighted by Gasteiger charge is -2.23. The van der Waals surface area contributed by atoms with E-state index in [0.29, 0.717) is 12.6 Å². The fourth-order valence-electron chi connectivity index (χ4n) is 3.01. The molecule has 1 fully saturated rings. The number of hydrogen-bond acceptors (Lipinski definition) is 3. The highest BCUT2D eigenvalue weighted by molar-refractivity contribution is 5.39. The number of hydrogen-bond donors (Lipinski definition) is 1. The third-order valence-electron chi connectivity index (χ3n) is 4.05. The maximum Gasteiger partial charge on any atom is 0.161 e. The molecule has 21 heavy (non-hydrogen) atoms. The van der Waals surface area contributed by atoms with Gasteiger partial charge in [-0.15, -0.1) is 0 Å². The first-order chi connectivity index (χ1) is 10.4. The predicted octanol–water partition coefficient (Wildman–Crippen LogP) is 3.24. The summed E-state index contributed by atoms with van der Waals surface area (Å²) in [5.41, 5.74) is 1.31. The number of nitrogens with zero attached hydrogens (tertiary/aromatic N) is 1. The molecule has 1 aromatic carbocycles. The molecule has 4 nitrogen and oxygen atoms in total. The Morgan fingerprint density at radius 1 is 1.19 bits per heavy atom. The van der Waals surface area contributed by atoms with Crippen LogP contribution < -0.4 is 9.47 Å². The van der Waals surface area contributed by atoms with E-state index in [2.05, 4.69) is 22.0 Å². The molecular weight excluding hydrogens is 264 g/mol. The Morgan fingerprint density at radius 3 is 2.81 bits per heavy atom. The lowest BCUT2D eigenvalue weighted by atomic mass is 10.1. The van der Waals surface area contributed by atoms with E-state index in [-0.39, 0.29) is 0 Å². The van der Waals surface area contributed by atoms with Crippen LogP contribution in [0.1, 0.15) is 24.6 Å². The van der Waals surface area contributed by atoms with E-state index in [0.717, 1.165) is 24.6 Å². The van der Waals surface area contributed by atoms with Crippen molar-refractivity contribution in [3.05, 3.63) is 48.3 Å². The Bertz CT molecular complexity index is 554. The first-order valence-corrected chi connectivity index (χ1v) is 7.51. The van der Waals surface area contributed by atoms with E-state index < -0.39 is 0 Å². The van der Waals surface area contributed by atoms with Gasteiger partial charge in [-0.2, -0.15) is 0 Å². The van der Waals surface area contributed by atoms with Crippen LogP contribution in [0.4, 0.5) is 0 Å². The van der Waals surface area contributed by atoms with Crippen LogP contribution in [0.15, 0.2) is 42.6 Å². The molecule has 1 N–H and O–H groups in total. The summed E-state index contributed by atoms with van der Waals surface area (Å²) in [7, 11) is 1.67. The predicted molar refractivity (Wildman–Crippen MR) is 82.8 cm³/mol. The Labute approximate surface area is 125 Å². The molecule has 3 rings (SSSR count). The fraction of sp³-hybridized carbons (Fsp3) is 0.412. The molecule has 4 heteroatoms. The summed E-state index contributed by atoms with van der Waals surface area (Å²) >= 11 is 0. The zero-order valence-electron chi connectivity index (χ0n) is 12.4. The third kappa shape index (κ3) is 3.22. The minimum atomic E-state index is 0.501. The lowest BCUT2D eigenvalue weighted by molar-refractivity contribution is 0.192. The molecule has 2 aromatic rings. The van der Waals surface area contributed by atoms with Crippen molar-refractivity contribution in [2.75, 3.05) is 26.8 Å². The van der Waals surface area contributed by atoms with E-state index in [1.165, 1.54) is 18.5 Å². The quantitative estimate of drug-likeness (QED) is 0.886. The Hall–Kier alpha value is -1.94. The second-order valence-corrected chi connectivity index (χ2v) is 5.32. The van der Waals surface area contributed by atoms with Gasteiger partial charge >= 0.3 is 0 Å². The van der Waals surface area contributed by atoms with Crippen LogP contribution in [0.25, 0.3) is 0 Å². The number of nitrogens with one attached hydrogen (secondary N) is 1. The van der Waals surface area contributed by atoms with Crippen molar-refractivity contribution in [1.29, 1.82) is 0 Å². The SMILES string of the molecule is COc1ccccc1OCCN1CCC[C@H]1c1ccc[nH]1. The summed E-state index contributed by atoms with van der Waals surface area (Å²) < 4.78 is 11.2. The smallest absolute Gasteiger partial charge is 0.161 e. The normalized spacial score (nSPS) is 18.8. The summed E-state index contributed by atoms with van der Waals surface area (Å²) in [4.78, 5) is 5.82. The lowest BCUT2D eigenvalue weighted by Crippen LogP contribution is -2.28. The van der Waals surface area contributed by atoms with Crippen LogP contribution in [0.3, 0.4) is 0 Å². The van der Waals surface area contributed by atoms with Crippen molar-refractivity contribution in [2.24, 2.45) is 0 Å². The van der Waals surface area contributed by atoms with Gasteiger partial charge in [0.1, 0.15) is 6.61 Å². The van der Waals surface area contributed by atoms with Gasteiger partial charge in [0.25, 0.3) is 0 Å². The van der Waals surface area contributed by atoms with Gasteiger partial charge in [0, 0.05) is 24.5 Å². The number of methoxy groups -OCH3 is 1. The topological polar surface area (TPSA) is 37.5 Å². The van der Waals surface area contributed by atoms with Crippen molar-refractivity contribution < 1.29 is 9.47 Å². The molecular formula is C17H22N2O2. The van der Waals surface area contributed by atoms with Gasteiger partial charge in [0.15, 0.2) is 11.5 Å². The second-order valence-electron chi connectivity index (χ2n) is 5.32. The maximum atomic E-state index is 5.88. The van der Waals surface area contributed by atoms with Gasteiger partial charge < -0.3 is 14.5 Å². The van der Waals surface area contributed by atoms with Crippen LogP contribution in [0.5, 0.6) is 11.5 Å². The molecule has 0 radical (unpaired) electrons. The molecule has 0 saturated carbocycles. The molecule has 0 unspecified atom stereocenters. The number of aromatic amines is 1. The van der Waals surface area contributed by atoms with Crippen molar-refractivity contribution in [3.8, 4) is 11.5 Å². The van der Waals surface area contributed by atoms with Crippen LogP contribution in [-0.4, -0.2) is 36.7 Å². The highest BCUT2D eigenvalue weighted by atomic mass is 16.5. The molecule has 0 spiro atoms. The average molecular weight is 286 g/mol. The number of aromatic nitrogens is 1. The number of H-pyrrole nitrogens is 1. The number of ether oxygens (including phenoxy) is 2. The largest absolute Gasteiger partial charge is 0.493 e. The number of likely N-dealkylation sites (tertiary alicyclic amines) is 1. The zero-order valence-corrected chi connectivity index (χ0v) is 12.4. The van der Waals surface area contributed by atoms with Crippen LogP contribution in [0.2, 0.25) is 0 Å². The summed E-state index contributed by atoms with van der Waals surface area (Å²) in [5.74, 6) is 1.61. The summed E-state index contributed by atoms with van der Waals surface area (Å²) in [6.45, 7) is 2.75. The van der Waals surface area contributed by atoms with E-state index in [9.17, 15) is 0 Å². The van der Waals surface area contributed by atoms with Gasteiger partial charge in [-0.05, 0) is 43.7 Å². The van der Waals surface area contributed by atoms with E-state index >= 15 is 0 Å². The van der Waals surface area contributed by atoms with E-state index in [1.807, 2.05) is 30.5 Å². The Morgan fingerprint density at radius 2 is 2.05 bits per heavy atom. The second kappa shape index (κ2) is 6.68. The van der Waals surface area contributed by atoms with Gasteiger partial charge in [-0.3, -0.25) is 4.90 Å². The van der Waals surface area contributed by atoms with E-state index in [1.54, 1.807) is 7.11 Å². The number of rotatable bonds is 6. The van der Waals surface area contributed by atoms with Crippen molar-refractivity contribution >= 4 is 0 Å². The average Bonchev–Trinajstić information content (AvgIpc) is 3.18. The highest BCUT2D eigenvalue weighted by Gasteiger charge is 2.26. The minimum absolute atomic E-state index is 0.501. The maximum absolute atomic E-state index is 5.88. The molecule has 1 aliphatic rings. The van der Waals surface area contributed by atoms with Crippen LogP contribution in [0, 0.1) is 0 Å². The van der Waals surface area contributed by atoms with Gasteiger partial charge in [-0.25, -0.2) is 0 Å². The highest BCUT2D eigenvalue weighted by Crippen LogP contribution is 2.31. The summed E-state index contributed by atoms with van der Waals surface area (Å²) in [5, 5.41) is 0. The molecule has 0 aliphatic carbocycles. The monoisotopic (exact) mass is 286 g/mol. The van der Waals surface area contributed by atoms with Gasteiger partial charge in [-0.1, -0.05) is 12.1 Å². The molecule has 1 atom stereocenters. The fourth-order valence-corrected chi connectivity index (χ4v) is 3.01. The van der Waals surface area contributed by atoms with E-state index in [4.69, 9.17) is 9.47 Å². The molecule has 2 heterocycles. The van der Waals surface area contributed by atoms with Crippen molar-refractivity contribution in [1.82, 2.24) is 9.88 Å². The third-order valence-corrected chi connectivity index (χ3v) is 4.05. The molecule has 1 saturated heterocycles. The first-order valence-electron chi connectivity index (χ1n) is 7.51. The van der Waals surface area contributed by atoms with Crippen molar-refractivity contribution in [3.63, 3.8) is 0 Å². The molecule has 0 amide bonds. The van der Waals surface area contributed by atoms with Crippen LogP contribution >= 0.6 is 0 Å². The Balaban J connectivity index is 1.55. The summed E-state index contributed by atoms with van der Waals surface area (Å²) in [6.07, 6.45) is 4.46. The number of benzene rings is 1. The molecule has 1 aromatic heterocycles. The summed E-state index contributed by atoms with van der Waals surface area (Å²) in [6, 6.07) is 12.5. The van der Waals surface area contributed by atoms with Gasteiger partial charge in [0.05, 0.1) is 7.11 Å². The van der Waals surface area contributed by atoms with Crippen LogP contribution in [-0.2, 0) is 0 Å².